The predicted molar refractivity (Wildman–Crippen MR) is 86.3 cm³/mol. The van der Waals surface area contributed by atoms with Crippen molar-refractivity contribution in [3.8, 4) is 0 Å². The number of fused-ring (bicyclic) bond motifs is 1. The standard InChI is InChI=1S/C18H24N2O/c1-3-10-20-17(18-13(2)9-12-21-18)15-6-4-8-16-14(15)7-5-11-19-16/h4-8,11,13,17-18,20H,3,9-10,12H2,1-2H3. The van der Waals surface area contributed by atoms with Crippen molar-refractivity contribution < 1.29 is 4.74 Å². The Morgan fingerprint density at radius 1 is 1.33 bits per heavy atom. The van der Waals surface area contributed by atoms with Crippen LogP contribution in [0.25, 0.3) is 10.9 Å². The van der Waals surface area contributed by atoms with Crippen molar-refractivity contribution in [3.05, 3.63) is 42.1 Å². The van der Waals surface area contributed by atoms with Gasteiger partial charge in [0.25, 0.3) is 0 Å². The molecule has 0 radical (unpaired) electrons. The molecular formula is C18H24N2O. The van der Waals surface area contributed by atoms with Gasteiger partial charge in [-0.1, -0.05) is 32.0 Å². The minimum Gasteiger partial charge on any atom is -0.376 e. The molecule has 0 saturated carbocycles. The van der Waals surface area contributed by atoms with Crippen LogP contribution in [0.2, 0.25) is 0 Å². The fourth-order valence-electron chi connectivity index (χ4n) is 3.24. The average Bonchev–Trinajstić information content (AvgIpc) is 2.94. The molecule has 2 heterocycles. The SMILES string of the molecule is CCCNC(c1cccc2ncccc12)C1OCCC1C. The van der Waals surface area contributed by atoms with Crippen molar-refractivity contribution in [2.24, 2.45) is 5.92 Å². The zero-order chi connectivity index (χ0) is 14.7. The summed E-state index contributed by atoms with van der Waals surface area (Å²) >= 11 is 0. The molecule has 1 fully saturated rings. The number of benzene rings is 1. The van der Waals surface area contributed by atoms with E-state index in [1.807, 2.05) is 12.3 Å². The van der Waals surface area contributed by atoms with Crippen molar-refractivity contribution in [1.82, 2.24) is 10.3 Å². The highest BCUT2D eigenvalue weighted by Crippen LogP contribution is 2.34. The molecular weight excluding hydrogens is 260 g/mol. The van der Waals surface area contributed by atoms with E-state index in [-0.39, 0.29) is 12.1 Å². The number of pyridine rings is 1. The van der Waals surface area contributed by atoms with Gasteiger partial charge in [0, 0.05) is 18.2 Å². The first-order chi connectivity index (χ1) is 10.3. The maximum absolute atomic E-state index is 6.04. The normalized spacial score (nSPS) is 23.5. The Morgan fingerprint density at radius 3 is 3.00 bits per heavy atom. The number of ether oxygens (including phenoxy) is 1. The van der Waals surface area contributed by atoms with E-state index in [1.165, 1.54) is 10.9 Å². The minimum atomic E-state index is 0.246. The highest BCUT2D eigenvalue weighted by molar-refractivity contribution is 5.82. The van der Waals surface area contributed by atoms with Gasteiger partial charge in [-0.05, 0) is 43.0 Å². The van der Waals surface area contributed by atoms with Gasteiger partial charge in [0.15, 0.2) is 0 Å². The molecule has 0 aliphatic carbocycles. The molecule has 1 aliphatic rings. The van der Waals surface area contributed by atoms with Crippen molar-refractivity contribution >= 4 is 10.9 Å². The van der Waals surface area contributed by atoms with Gasteiger partial charge in [-0.2, -0.15) is 0 Å². The Kier molecular flexibility index (Phi) is 4.51. The summed E-state index contributed by atoms with van der Waals surface area (Å²) in [6.45, 7) is 6.38. The van der Waals surface area contributed by atoms with Crippen LogP contribution in [0, 0.1) is 5.92 Å². The highest BCUT2D eigenvalue weighted by Gasteiger charge is 2.33. The number of hydrogen-bond donors (Lipinski definition) is 1. The van der Waals surface area contributed by atoms with Gasteiger partial charge in [0.2, 0.25) is 0 Å². The van der Waals surface area contributed by atoms with E-state index in [0.29, 0.717) is 5.92 Å². The van der Waals surface area contributed by atoms with E-state index in [4.69, 9.17) is 4.74 Å². The molecule has 21 heavy (non-hydrogen) atoms. The molecule has 0 amide bonds. The van der Waals surface area contributed by atoms with E-state index in [2.05, 4.69) is 48.4 Å². The van der Waals surface area contributed by atoms with Crippen LogP contribution < -0.4 is 5.32 Å². The van der Waals surface area contributed by atoms with Crippen LogP contribution in [0.3, 0.4) is 0 Å². The summed E-state index contributed by atoms with van der Waals surface area (Å²) in [5, 5.41) is 4.93. The molecule has 1 aromatic carbocycles. The molecule has 1 aliphatic heterocycles. The highest BCUT2D eigenvalue weighted by atomic mass is 16.5. The topological polar surface area (TPSA) is 34.2 Å². The van der Waals surface area contributed by atoms with E-state index < -0.39 is 0 Å². The third kappa shape index (κ3) is 2.94. The van der Waals surface area contributed by atoms with Gasteiger partial charge >= 0.3 is 0 Å². The third-order valence-electron chi connectivity index (χ3n) is 4.40. The van der Waals surface area contributed by atoms with Gasteiger partial charge in [-0.15, -0.1) is 0 Å². The van der Waals surface area contributed by atoms with Crippen LogP contribution >= 0.6 is 0 Å². The molecule has 3 atom stereocenters. The lowest BCUT2D eigenvalue weighted by molar-refractivity contribution is 0.0611. The smallest absolute Gasteiger partial charge is 0.0796 e. The Morgan fingerprint density at radius 2 is 2.24 bits per heavy atom. The number of nitrogens with one attached hydrogen (secondary N) is 1. The molecule has 3 unspecified atom stereocenters. The molecule has 1 aromatic heterocycles. The van der Waals surface area contributed by atoms with Gasteiger partial charge < -0.3 is 10.1 Å². The molecule has 3 nitrogen and oxygen atoms in total. The number of nitrogens with zero attached hydrogens (tertiary/aromatic N) is 1. The molecule has 0 bridgehead atoms. The van der Waals surface area contributed by atoms with Crippen molar-refractivity contribution in [2.45, 2.75) is 38.8 Å². The first-order valence-corrected chi connectivity index (χ1v) is 8.00. The van der Waals surface area contributed by atoms with Crippen LogP contribution in [0.4, 0.5) is 0 Å². The van der Waals surface area contributed by atoms with Gasteiger partial charge in [-0.25, -0.2) is 0 Å². The van der Waals surface area contributed by atoms with Gasteiger partial charge in [-0.3, -0.25) is 4.98 Å². The lowest BCUT2D eigenvalue weighted by atomic mass is 9.90. The molecule has 112 valence electrons. The van der Waals surface area contributed by atoms with E-state index in [1.54, 1.807) is 0 Å². The summed E-state index contributed by atoms with van der Waals surface area (Å²) in [6, 6.07) is 10.8. The molecule has 1 saturated heterocycles. The second-order valence-electron chi connectivity index (χ2n) is 5.95. The van der Waals surface area contributed by atoms with Crippen molar-refractivity contribution in [2.75, 3.05) is 13.2 Å². The Hall–Kier alpha value is -1.45. The lowest BCUT2D eigenvalue weighted by Crippen LogP contribution is -2.35. The van der Waals surface area contributed by atoms with Crippen LogP contribution in [-0.4, -0.2) is 24.2 Å². The Balaban J connectivity index is 2.01. The monoisotopic (exact) mass is 284 g/mol. The molecule has 3 rings (SSSR count). The van der Waals surface area contributed by atoms with Crippen LogP contribution in [0.1, 0.15) is 38.3 Å². The third-order valence-corrected chi connectivity index (χ3v) is 4.40. The van der Waals surface area contributed by atoms with Crippen molar-refractivity contribution in [1.29, 1.82) is 0 Å². The van der Waals surface area contributed by atoms with E-state index >= 15 is 0 Å². The number of rotatable bonds is 5. The lowest BCUT2D eigenvalue weighted by Gasteiger charge is -2.28. The largest absolute Gasteiger partial charge is 0.376 e. The fourth-order valence-corrected chi connectivity index (χ4v) is 3.24. The average molecular weight is 284 g/mol. The number of hydrogen-bond acceptors (Lipinski definition) is 3. The summed E-state index contributed by atoms with van der Waals surface area (Å²) in [6.07, 6.45) is 4.39. The second kappa shape index (κ2) is 6.54. The zero-order valence-electron chi connectivity index (χ0n) is 12.9. The summed E-state index contributed by atoms with van der Waals surface area (Å²) in [5.41, 5.74) is 2.37. The Labute approximate surface area is 126 Å². The summed E-state index contributed by atoms with van der Waals surface area (Å²) in [7, 11) is 0. The Bertz CT molecular complexity index is 593. The summed E-state index contributed by atoms with van der Waals surface area (Å²) in [4.78, 5) is 4.48. The molecule has 3 heteroatoms. The van der Waals surface area contributed by atoms with Gasteiger partial charge in [0.05, 0.1) is 17.7 Å². The van der Waals surface area contributed by atoms with Crippen LogP contribution in [-0.2, 0) is 4.74 Å². The van der Waals surface area contributed by atoms with Gasteiger partial charge in [0.1, 0.15) is 0 Å². The maximum atomic E-state index is 6.04. The summed E-state index contributed by atoms with van der Waals surface area (Å²) < 4.78 is 6.04. The quantitative estimate of drug-likeness (QED) is 0.909. The molecule has 2 aromatic rings. The maximum Gasteiger partial charge on any atom is 0.0796 e. The first-order valence-electron chi connectivity index (χ1n) is 8.00. The first kappa shape index (κ1) is 14.5. The number of aromatic nitrogens is 1. The molecule has 0 spiro atoms. The van der Waals surface area contributed by atoms with Crippen molar-refractivity contribution in [3.63, 3.8) is 0 Å². The summed E-state index contributed by atoms with van der Waals surface area (Å²) in [5.74, 6) is 0.589. The zero-order valence-corrected chi connectivity index (χ0v) is 12.9. The van der Waals surface area contributed by atoms with E-state index in [9.17, 15) is 0 Å². The van der Waals surface area contributed by atoms with Crippen LogP contribution in [0.5, 0.6) is 0 Å². The predicted octanol–water partition coefficient (Wildman–Crippen LogP) is 3.70. The van der Waals surface area contributed by atoms with E-state index in [0.717, 1.165) is 31.5 Å². The molecule has 1 N–H and O–H groups in total. The second-order valence-corrected chi connectivity index (χ2v) is 5.95. The fraction of sp³-hybridized carbons (Fsp3) is 0.500. The van der Waals surface area contributed by atoms with Crippen LogP contribution in [0.15, 0.2) is 36.5 Å². The minimum absolute atomic E-state index is 0.246.